The molecular formula is C16H14O2S. The van der Waals surface area contributed by atoms with E-state index in [9.17, 15) is 4.79 Å². The molecule has 3 heteroatoms. The molecule has 0 aliphatic carbocycles. The standard InChI is InChI=1S/C16H14O2S/c1-11-2-4-14(19-11)5-6-15(17)12-3-7-16-13(10-12)8-9-18-16/h2-7,10H,8-9H2,1H3. The minimum absolute atomic E-state index is 0.0424. The Kier molecular flexibility index (Phi) is 3.22. The minimum Gasteiger partial charge on any atom is -0.493 e. The summed E-state index contributed by atoms with van der Waals surface area (Å²) in [6.45, 7) is 2.78. The Hall–Kier alpha value is -1.87. The highest BCUT2D eigenvalue weighted by Crippen LogP contribution is 2.26. The van der Waals surface area contributed by atoms with Crippen LogP contribution in [0.4, 0.5) is 0 Å². The average molecular weight is 270 g/mol. The van der Waals surface area contributed by atoms with Gasteiger partial charge in [-0.2, -0.15) is 0 Å². The van der Waals surface area contributed by atoms with E-state index in [2.05, 4.69) is 13.0 Å². The Balaban J connectivity index is 1.79. The summed E-state index contributed by atoms with van der Waals surface area (Å²) >= 11 is 1.69. The Morgan fingerprint density at radius 2 is 2.21 bits per heavy atom. The monoisotopic (exact) mass is 270 g/mol. The van der Waals surface area contributed by atoms with Crippen molar-refractivity contribution in [2.75, 3.05) is 6.61 Å². The quantitative estimate of drug-likeness (QED) is 0.625. The first-order valence-corrected chi connectivity index (χ1v) is 7.08. The smallest absolute Gasteiger partial charge is 0.185 e. The summed E-state index contributed by atoms with van der Waals surface area (Å²) in [5.74, 6) is 0.954. The van der Waals surface area contributed by atoms with E-state index in [1.54, 1.807) is 17.4 Å². The molecule has 1 aliphatic heterocycles. The number of carbonyl (C=O) groups excluding carboxylic acids is 1. The number of hydrogen-bond acceptors (Lipinski definition) is 3. The average Bonchev–Trinajstić information content (AvgIpc) is 3.03. The first-order valence-electron chi connectivity index (χ1n) is 6.27. The summed E-state index contributed by atoms with van der Waals surface area (Å²) in [5.41, 5.74) is 1.86. The van der Waals surface area contributed by atoms with Crippen molar-refractivity contribution in [1.82, 2.24) is 0 Å². The lowest BCUT2D eigenvalue weighted by atomic mass is 10.1. The van der Waals surface area contributed by atoms with Crippen LogP contribution in [0.3, 0.4) is 0 Å². The van der Waals surface area contributed by atoms with Crippen LogP contribution >= 0.6 is 11.3 Å². The number of thiophene rings is 1. The van der Waals surface area contributed by atoms with Crippen LogP contribution in [0.2, 0.25) is 0 Å². The van der Waals surface area contributed by atoms with Gasteiger partial charge in [-0.25, -0.2) is 0 Å². The Morgan fingerprint density at radius 1 is 1.32 bits per heavy atom. The van der Waals surface area contributed by atoms with E-state index in [1.165, 1.54) is 4.88 Å². The van der Waals surface area contributed by atoms with Gasteiger partial charge in [0.2, 0.25) is 0 Å². The number of aryl methyl sites for hydroxylation is 1. The molecule has 0 saturated carbocycles. The van der Waals surface area contributed by atoms with Crippen LogP contribution in [0, 0.1) is 6.92 Å². The van der Waals surface area contributed by atoms with Gasteiger partial charge in [-0.1, -0.05) is 0 Å². The normalized spacial score (nSPS) is 13.5. The molecule has 96 valence electrons. The lowest BCUT2D eigenvalue weighted by molar-refractivity contribution is 0.104. The van der Waals surface area contributed by atoms with Gasteiger partial charge < -0.3 is 4.74 Å². The molecule has 3 rings (SSSR count). The lowest BCUT2D eigenvalue weighted by Gasteiger charge is -2.00. The van der Waals surface area contributed by atoms with E-state index < -0.39 is 0 Å². The molecule has 0 saturated heterocycles. The molecule has 0 spiro atoms. The SMILES string of the molecule is Cc1ccc(C=CC(=O)c2ccc3c(c2)CCO3)s1. The number of fused-ring (bicyclic) bond motifs is 1. The van der Waals surface area contributed by atoms with E-state index in [0.717, 1.165) is 34.8 Å². The molecule has 1 aromatic carbocycles. The van der Waals surface area contributed by atoms with Crippen LogP contribution in [-0.2, 0) is 6.42 Å². The molecule has 2 heterocycles. The zero-order valence-electron chi connectivity index (χ0n) is 10.7. The molecule has 0 amide bonds. The zero-order chi connectivity index (χ0) is 13.2. The van der Waals surface area contributed by atoms with Crippen molar-refractivity contribution in [1.29, 1.82) is 0 Å². The highest BCUT2D eigenvalue weighted by molar-refractivity contribution is 7.12. The Morgan fingerprint density at radius 3 is 3.00 bits per heavy atom. The van der Waals surface area contributed by atoms with Crippen molar-refractivity contribution in [3.8, 4) is 5.75 Å². The van der Waals surface area contributed by atoms with Crippen LogP contribution < -0.4 is 4.74 Å². The second-order valence-electron chi connectivity index (χ2n) is 4.57. The number of allylic oxidation sites excluding steroid dienone is 1. The number of benzene rings is 1. The summed E-state index contributed by atoms with van der Waals surface area (Å²) in [6.07, 6.45) is 4.41. The second-order valence-corrected chi connectivity index (χ2v) is 5.89. The molecule has 1 aliphatic rings. The molecule has 0 unspecified atom stereocenters. The molecule has 0 radical (unpaired) electrons. The topological polar surface area (TPSA) is 26.3 Å². The maximum Gasteiger partial charge on any atom is 0.185 e. The molecule has 2 nitrogen and oxygen atoms in total. The predicted octanol–water partition coefficient (Wildman–Crippen LogP) is 3.89. The lowest BCUT2D eigenvalue weighted by Crippen LogP contribution is -1.94. The fourth-order valence-electron chi connectivity index (χ4n) is 2.14. The predicted molar refractivity (Wildman–Crippen MR) is 78.1 cm³/mol. The molecular weight excluding hydrogens is 256 g/mol. The van der Waals surface area contributed by atoms with Crippen molar-refractivity contribution in [3.63, 3.8) is 0 Å². The van der Waals surface area contributed by atoms with E-state index in [-0.39, 0.29) is 5.78 Å². The van der Waals surface area contributed by atoms with Crippen LogP contribution in [0.15, 0.2) is 36.4 Å². The molecule has 0 fully saturated rings. The van der Waals surface area contributed by atoms with Crippen LogP contribution in [0.1, 0.15) is 25.7 Å². The minimum atomic E-state index is 0.0424. The van der Waals surface area contributed by atoms with Crippen molar-refractivity contribution in [3.05, 3.63) is 57.3 Å². The maximum atomic E-state index is 12.1. The van der Waals surface area contributed by atoms with E-state index >= 15 is 0 Å². The second kappa shape index (κ2) is 5.02. The van der Waals surface area contributed by atoms with Gasteiger partial charge >= 0.3 is 0 Å². The molecule has 0 N–H and O–H groups in total. The number of hydrogen-bond donors (Lipinski definition) is 0. The number of ether oxygens (including phenoxy) is 1. The summed E-state index contributed by atoms with van der Waals surface area (Å²) < 4.78 is 5.44. The van der Waals surface area contributed by atoms with Gasteiger partial charge in [0.05, 0.1) is 6.61 Å². The van der Waals surface area contributed by atoms with E-state index in [4.69, 9.17) is 4.74 Å². The van der Waals surface area contributed by atoms with E-state index in [0.29, 0.717) is 0 Å². The van der Waals surface area contributed by atoms with Crippen LogP contribution in [0.5, 0.6) is 5.75 Å². The van der Waals surface area contributed by atoms with Crippen molar-refractivity contribution in [2.45, 2.75) is 13.3 Å². The fraction of sp³-hybridized carbons (Fsp3) is 0.188. The summed E-state index contributed by atoms with van der Waals surface area (Å²) in [6, 6.07) is 9.74. The zero-order valence-corrected chi connectivity index (χ0v) is 11.5. The van der Waals surface area contributed by atoms with Gasteiger partial charge in [0, 0.05) is 21.7 Å². The molecule has 1 aromatic heterocycles. The highest BCUT2D eigenvalue weighted by atomic mass is 32.1. The summed E-state index contributed by atoms with van der Waals surface area (Å²) in [5, 5.41) is 0. The van der Waals surface area contributed by atoms with Crippen LogP contribution in [-0.4, -0.2) is 12.4 Å². The summed E-state index contributed by atoms with van der Waals surface area (Å²) in [4.78, 5) is 14.5. The molecule has 2 aromatic rings. The van der Waals surface area contributed by atoms with Gasteiger partial charge in [0.25, 0.3) is 0 Å². The molecule has 19 heavy (non-hydrogen) atoms. The largest absolute Gasteiger partial charge is 0.493 e. The highest BCUT2D eigenvalue weighted by Gasteiger charge is 2.13. The molecule has 0 atom stereocenters. The fourth-order valence-corrected chi connectivity index (χ4v) is 2.92. The Bertz CT molecular complexity index is 653. The third kappa shape index (κ3) is 2.61. The number of carbonyl (C=O) groups is 1. The van der Waals surface area contributed by atoms with Gasteiger partial charge in [-0.05, 0) is 55.0 Å². The summed E-state index contributed by atoms with van der Waals surface area (Å²) in [7, 11) is 0. The third-order valence-corrected chi connectivity index (χ3v) is 4.10. The van der Waals surface area contributed by atoms with Crippen molar-refractivity contribution < 1.29 is 9.53 Å². The first kappa shape index (κ1) is 12.2. The maximum absolute atomic E-state index is 12.1. The number of rotatable bonds is 3. The number of ketones is 1. The van der Waals surface area contributed by atoms with Gasteiger partial charge in [0.15, 0.2) is 5.78 Å². The van der Waals surface area contributed by atoms with E-state index in [1.807, 2.05) is 30.3 Å². The van der Waals surface area contributed by atoms with Gasteiger partial charge in [-0.3, -0.25) is 4.79 Å². The Labute approximate surface area is 116 Å². The van der Waals surface area contributed by atoms with Crippen molar-refractivity contribution in [2.24, 2.45) is 0 Å². The van der Waals surface area contributed by atoms with Gasteiger partial charge in [-0.15, -0.1) is 11.3 Å². The molecule has 0 bridgehead atoms. The van der Waals surface area contributed by atoms with Gasteiger partial charge in [0.1, 0.15) is 5.75 Å². The van der Waals surface area contributed by atoms with Crippen molar-refractivity contribution >= 4 is 23.2 Å². The van der Waals surface area contributed by atoms with Crippen LogP contribution in [0.25, 0.3) is 6.08 Å². The first-order chi connectivity index (χ1) is 9.22. The third-order valence-electron chi connectivity index (χ3n) is 3.13.